The van der Waals surface area contributed by atoms with Crippen LogP contribution in [0.2, 0.25) is 0 Å². The fraction of sp³-hybridized carbons (Fsp3) is 0.120. The Bertz CT molecular complexity index is 1430. The number of carbonyl (C=O) groups is 3. The van der Waals surface area contributed by atoms with Gasteiger partial charge in [0.2, 0.25) is 11.8 Å². The molecule has 0 aliphatic carbocycles. The SMILES string of the molecule is CCOc1cc(/C=C2\SC(=O)N(CC(=O)Nc3ccc(F)cc3)C2=O)ccc1Oc1ccc([N+](=O)[O-])cn1. The van der Waals surface area contributed by atoms with Crippen LogP contribution in [0.1, 0.15) is 12.5 Å². The average molecular weight is 539 g/mol. The standard InChI is InChI=1S/C25H19FN4O7S/c1-2-36-20-11-15(3-9-19(20)37-23-10-8-18(13-27-23)30(34)35)12-21-24(32)29(25(33)38-21)14-22(31)28-17-6-4-16(26)5-7-17/h3-13H,2,14H2,1H3,(H,28,31)/b21-12-. The molecule has 38 heavy (non-hydrogen) atoms. The molecule has 2 aromatic carbocycles. The van der Waals surface area contributed by atoms with Crippen LogP contribution in [0.4, 0.5) is 20.6 Å². The summed E-state index contributed by atoms with van der Waals surface area (Å²) in [6, 6.07) is 12.5. The molecule has 1 N–H and O–H groups in total. The Morgan fingerprint density at radius 1 is 1.16 bits per heavy atom. The molecule has 0 unspecified atom stereocenters. The third-order valence-electron chi connectivity index (χ3n) is 5.01. The van der Waals surface area contributed by atoms with Crippen molar-refractivity contribution in [2.45, 2.75) is 6.92 Å². The molecule has 11 nitrogen and oxygen atoms in total. The van der Waals surface area contributed by atoms with E-state index in [0.29, 0.717) is 35.4 Å². The largest absolute Gasteiger partial charge is 0.490 e. The number of aromatic nitrogens is 1. The number of halogens is 1. The number of imide groups is 1. The van der Waals surface area contributed by atoms with Gasteiger partial charge >= 0.3 is 0 Å². The molecule has 1 aliphatic heterocycles. The monoisotopic (exact) mass is 538 g/mol. The number of nitrogens with one attached hydrogen (secondary N) is 1. The molecule has 0 atom stereocenters. The van der Waals surface area contributed by atoms with Crippen LogP contribution in [-0.2, 0) is 9.59 Å². The van der Waals surface area contributed by atoms with Crippen molar-refractivity contribution in [2.75, 3.05) is 18.5 Å². The van der Waals surface area contributed by atoms with E-state index in [2.05, 4.69) is 10.3 Å². The predicted molar refractivity (Wildman–Crippen MR) is 136 cm³/mol. The molecule has 1 aromatic heterocycles. The summed E-state index contributed by atoms with van der Waals surface area (Å²) >= 11 is 0.688. The second-order valence-corrected chi connectivity index (χ2v) is 8.67. The predicted octanol–water partition coefficient (Wildman–Crippen LogP) is 4.99. The quantitative estimate of drug-likeness (QED) is 0.226. The number of rotatable bonds is 9. The molecular formula is C25H19FN4O7S. The van der Waals surface area contributed by atoms with Crippen LogP contribution in [0.15, 0.2) is 65.7 Å². The fourth-order valence-corrected chi connectivity index (χ4v) is 4.12. The zero-order valence-corrected chi connectivity index (χ0v) is 20.6. The van der Waals surface area contributed by atoms with Crippen LogP contribution < -0.4 is 14.8 Å². The molecule has 0 saturated carbocycles. The maximum atomic E-state index is 13.0. The Hall–Kier alpha value is -4.78. The third-order valence-corrected chi connectivity index (χ3v) is 5.92. The van der Waals surface area contributed by atoms with Gasteiger partial charge in [-0.1, -0.05) is 6.07 Å². The van der Waals surface area contributed by atoms with Crippen molar-refractivity contribution in [3.63, 3.8) is 0 Å². The van der Waals surface area contributed by atoms with Gasteiger partial charge in [0.05, 0.1) is 16.4 Å². The highest BCUT2D eigenvalue weighted by Gasteiger charge is 2.36. The van der Waals surface area contributed by atoms with Gasteiger partial charge in [-0.2, -0.15) is 0 Å². The van der Waals surface area contributed by atoms with Crippen LogP contribution in [0.25, 0.3) is 6.08 Å². The number of nitro groups is 1. The van der Waals surface area contributed by atoms with Crippen molar-refractivity contribution in [2.24, 2.45) is 0 Å². The minimum atomic E-state index is -0.636. The molecule has 0 bridgehead atoms. The van der Waals surface area contributed by atoms with E-state index >= 15 is 0 Å². The minimum Gasteiger partial charge on any atom is -0.490 e. The van der Waals surface area contributed by atoms with Gasteiger partial charge in [-0.25, -0.2) is 9.37 Å². The minimum absolute atomic E-state index is 0.109. The molecule has 0 radical (unpaired) electrons. The van der Waals surface area contributed by atoms with Crippen molar-refractivity contribution in [3.05, 3.63) is 87.2 Å². The summed E-state index contributed by atoms with van der Waals surface area (Å²) in [5.74, 6) is -0.989. The summed E-state index contributed by atoms with van der Waals surface area (Å²) in [5.41, 5.74) is 0.673. The van der Waals surface area contributed by atoms with E-state index in [-0.39, 0.29) is 22.2 Å². The van der Waals surface area contributed by atoms with Crippen LogP contribution in [-0.4, -0.2) is 45.0 Å². The number of hydrogen-bond acceptors (Lipinski definition) is 9. The molecule has 3 amide bonds. The Balaban J connectivity index is 1.47. The lowest BCUT2D eigenvalue weighted by atomic mass is 10.2. The van der Waals surface area contributed by atoms with Crippen LogP contribution in [0, 0.1) is 15.9 Å². The zero-order chi connectivity index (χ0) is 27.2. The highest BCUT2D eigenvalue weighted by molar-refractivity contribution is 8.18. The fourth-order valence-electron chi connectivity index (χ4n) is 3.29. The lowest BCUT2D eigenvalue weighted by Crippen LogP contribution is -2.36. The van der Waals surface area contributed by atoms with Crippen LogP contribution >= 0.6 is 11.8 Å². The summed E-state index contributed by atoms with van der Waals surface area (Å²) in [5, 5.41) is 12.7. The van der Waals surface area contributed by atoms with Gasteiger partial charge in [0.15, 0.2) is 11.5 Å². The van der Waals surface area contributed by atoms with Gasteiger partial charge in [0.25, 0.3) is 16.8 Å². The number of pyridine rings is 1. The number of carbonyl (C=O) groups excluding carboxylic acids is 3. The maximum Gasteiger partial charge on any atom is 0.294 e. The number of anilines is 1. The topological polar surface area (TPSA) is 141 Å². The van der Waals surface area contributed by atoms with E-state index in [1.807, 2.05) is 0 Å². The number of thioether (sulfide) groups is 1. The lowest BCUT2D eigenvalue weighted by molar-refractivity contribution is -0.385. The Labute approximate surface area is 219 Å². The zero-order valence-electron chi connectivity index (χ0n) is 19.8. The van der Waals surface area contributed by atoms with E-state index in [4.69, 9.17) is 9.47 Å². The van der Waals surface area contributed by atoms with Gasteiger partial charge in [0.1, 0.15) is 18.6 Å². The molecule has 1 saturated heterocycles. The first-order valence-corrected chi connectivity index (χ1v) is 11.9. The van der Waals surface area contributed by atoms with Crippen LogP contribution in [0.5, 0.6) is 17.4 Å². The Morgan fingerprint density at radius 3 is 2.58 bits per heavy atom. The summed E-state index contributed by atoms with van der Waals surface area (Å²) in [7, 11) is 0. The van der Waals surface area contributed by atoms with Gasteiger partial charge in [-0.05, 0) is 66.7 Å². The first-order chi connectivity index (χ1) is 18.2. The van der Waals surface area contributed by atoms with Crippen molar-refractivity contribution in [1.82, 2.24) is 9.88 Å². The van der Waals surface area contributed by atoms with Crippen molar-refractivity contribution < 1.29 is 33.2 Å². The number of benzene rings is 2. The van der Waals surface area contributed by atoms with E-state index in [1.165, 1.54) is 42.5 Å². The van der Waals surface area contributed by atoms with Gasteiger partial charge in [0, 0.05) is 17.8 Å². The Kier molecular flexibility index (Phi) is 7.97. The van der Waals surface area contributed by atoms with Gasteiger partial charge < -0.3 is 14.8 Å². The number of ether oxygens (including phenoxy) is 2. The van der Waals surface area contributed by atoms with Crippen LogP contribution in [0.3, 0.4) is 0 Å². The molecule has 2 heterocycles. The second-order valence-electron chi connectivity index (χ2n) is 7.68. The first kappa shape index (κ1) is 26.3. The highest BCUT2D eigenvalue weighted by Crippen LogP contribution is 2.36. The van der Waals surface area contributed by atoms with Gasteiger partial charge in [-0.15, -0.1) is 0 Å². The van der Waals surface area contributed by atoms with Crippen molar-refractivity contribution in [1.29, 1.82) is 0 Å². The molecule has 13 heteroatoms. The Morgan fingerprint density at radius 2 is 1.92 bits per heavy atom. The van der Waals surface area contributed by atoms with E-state index in [9.17, 15) is 28.9 Å². The van der Waals surface area contributed by atoms with Gasteiger partial charge in [-0.3, -0.25) is 29.4 Å². The normalized spacial score (nSPS) is 14.1. The second kappa shape index (κ2) is 11.5. The van der Waals surface area contributed by atoms with E-state index in [1.54, 1.807) is 25.1 Å². The van der Waals surface area contributed by atoms with Crippen molar-refractivity contribution in [3.8, 4) is 17.4 Å². The average Bonchev–Trinajstić information content (AvgIpc) is 3.14. The summed E-state index contributed by atoms with van der Waals surface area (Å²) < 4.78 is 24.4. The summed E-state index contributed by atoms with van der Waals surface area (Å²) in [4.78, 5) is 52.6. The summed E-state index contributed by atoms with van der Waals surface area (Å²) in [6.45, 7) is 1.56. The molecule has 194 valence electrons. The molecule has 0 spiro atoms. The molecule has 3 aromatic rings. The molecule has 1 fully saturated rings. The molecule has 4 rings (SSSR count). The number of amides is 3. The first-order valence-electron chi connectivity index (χ1n) is 11.1. The smallest absolute Gasteiger partial charge is 0.294 e. The van der Waals surface area contributed by atoms with Crippen molar-refractivity contribution >= 4 is 46.3 Å². The highest BCUT2D eigenvalue weighted by atomic mass is 32.2. The number of nitrogens with zero attached hydrogens (tertiary/aromatic N) is 3. The lowest BCUT2D eigenvalue weighted by Gasteiger charge is -2.13. The maximum absolute atomic E-state index is 13.0. The van der Waals surface area contributed by atoms with E-state index in [0.717, 1.165) is 11.1 Å². The molecule has 1 aliphatic rings. The van der Waals surface area contributed by atoms with E-state index < -0.39 is 34.3 Å². The third kappa shape index (κ3) is 6.31. The molecular weight excluding hydrogens is 519 g/mol. The summed E-state index contributed by atoms with van der Waals surface area (Å²) in [6.07, 6.45) is 2.55. The number of hydrogen-bond donors (Lipinski definition) is 1.